The third kappa shape index (κ3) is 6.31. The largest absolute Gasteiger partial charge is 0.462 e. The number of likely N-dealkylation sites (tertiary alicyclic amines) is 1. The van der Waals surface area contributed by atoms with Crippen LogP contribution in [0.4, 0.5) is 15.0 Å². The molecule has 0 spiro atoms. The normalized spacial score (nSPS) is 18.3. The maximum Gasteiger partial charge on any atom is 0.410 e. The minimum Gasteiger partial charge on any atom is -0.462 e. The molecule has 48 heavy (non-hydrogen) atoms. The van der Waals surface area contributed by atoms with Crippen LogP contribution in [-0.4, -0.2) is 82.8 Å². The number of piperazine rings is 1. The third-order valence-electron chi connectivity index (χ3n) is 9.31. The average molecular weight is 646 g/mol. The van der Waals surface area contributed by atoms with Gasteiger partial charge in [-0.3, -0.25) is 4.98 Å². The molecule has 10 nitrogen and oxygen atoms in total. The van der Waals surface area contributed by atoms with Gasteiger partial charge in [-0.15, -0.1) is 0 Å². The van der Waals surface area contributed by atoms with E-state index in [0.29, 0.717) is 36.5 Å². The highest BCUT2D eigenvalue weighted by Crippen LogP contribution is 2.35. The fourth-order valence-electron chi connectivity index (χ4n) is 6.68. The minimum atomic E-state index is -0.563. The zero-order valence-corrected chi connectivity index (χ0v) is 26.8. The summed E-state index contributed by atoms with van der Waals surface area (Å²) in [5.41, 5.74) is 1.84. The summed E-state index contributed by atoms with van der Waals surface area (Å²) in [7, 11) is 2.06. The van der Waals surface area contributed by atoms with Gasteiger partial charge >= 0.3 is 12.1 Å². The molecule has 0 radical (unpaired) electrons. The Bertz CT molecular complexity index is 1980. The van der Waals surface area contributed by atoms with Crippen LogP contribution < -0.4 is 9.64 Å². The molecular formula is C37H36FN7O3. The summed E-state index contributed by atoms with van der Waals surface area (Å²) in [4.78, 5) is 33.0. The molecule has 2 atom stereocenters. The highest BCUT2D eigenvalue weighted by atomic mass is 19.1. The Morgan fingerprint density at radius 2 is 1.79 bits per heavy atom. The van der Waals surface area contributed by atoms with Crippen LogP contribution in [0, 0.1) is 17.1 Å². The van der Waals surface area contributed by atoms with Gasteiger partial charge in [0.05, 0.1) is 23.9 Å². The van der Waals surface area contributed by atoms with Crippen molar-refractivity contribution in [2.45, 2.75) is 38.0 Å². The van der Waals surface area contributed by atoms with Gasteiger partial charge in [0, 0.05) is 37.4 Å². The second-order valence-corrected chi connectivity index (χ2v) is 12.3. The van der Waals surface area contributed by atoms with E-state index in [9.17, 15) is 10.1 Å². The van der Waals surface area contributed by atoms with Crippen molar-refractivity contribution >= 4 is 33.6 Å². The Morgan fingerprint density at radius 1 is 0.979 bits per heavy atom. The van der Waals surface area contributed by atoms with E-state index >= 15 is 4.39 Å². The van der Waals surface area contributed by atoms with Gasteiger partial charge in [-0.25, -0.2) is 9.18 Å². The first-order valence-corrected chi connectivity index (χ1v) is 16.3. The van der Waals surface area contributed by atoms with Crippen molar-refractivity contribution in [2.75, 3.05) is 44.7 Å². The molecular weight excluding hydrogens is 609 g/mol. The molecule has 4 heterocycles. The Morgan fingerprint density at radius 3 is 2.60 bits per heavy atom. The number of nitrogens with zero attached hydrogens (tertiary/aromatic N) is 7. The predicted octanol–water partition coefficient (Wildman–Crippen LogP) is 6.20. The third-order valence-corrected chi connectivity index (χ3v) is 9.31. The van der Waals surface area contributed by atoms with E-state index < -0.39 is 18.0 Å². The lowest BCUT2D eigenvalue weighted by atomic mass is 10.0. The standard InChI is InChI=1S/C37H36FN7O3/c1-43-18-8-13-28(43)24-47-36-41-34-31(21-40-33(32(34)38)30-15-7-12-26-11-5-6-14-29(26)30)35(42-36)44-19-20-45(27(22-44)16-17-39)37(46)48-23-25-9-3-2-4-10-25/h2-7,9-12,14-15,21,27-28H,8,13,16,18-20,22-24H2,1H3/t27-,28-/m0/s1. The Balaban J connectivity index is 1.23. The summed E-state index contributed by atoms with van der Waals surface area (Å²) in [6.07, 6.45) is 3.30. The number of fused-ring (bicyclic) bond motifs is 2. The number of nitriles is 1. The van der Waals surface area contributed by atoms with E-state index in [1.165, 1.54) is 0 Å². The van der Waals surface area contributed by atoms with Gasteiger partial charge in [-0.1, -0.05) is 72.8 Å². The highest BCUT2D eigenvalue weighted by molar-refractivity contribution is 5.99. The molecule has 0 aliphatic carbocycles. The fraction of sp³-hybridized carbons (Fsp3) is 0.324. The van der Waals surface area contributed by atoms with Crippen LogP contribution in [0.3, 0.4) is 0 Å². The summed E-state index contributed by atoms with van der Waals surface area (Å²) in [5, 5.41) is 12.0. The Hall–Kier alpha value is -5.34. The number of benzene rings is 3. The van der Waals surface area contributed by atoms with Crippen molar-refractivity contribution < 1.29 is 18.7 Å². The summed E-state index contributed by atoms with van der Waals surface area (Å²) < 4.78 is 28.4. The SMILES string of the molecule is CN1CCC[C@H]1COc1nc(N2CCN(C(=O)OCc3ccccc3)[C@@H](CC#N)C2)c2cnc(-c3cccc4ccccc34)c(F)c2n1. The molecule has 0 saturated carbocycles. The summed E-state index contributed by atoms with van der Waals surface area (Å²) in [6, 6.07) is 25.0. The molecule has 2 fully saturated rings. The fourth-order valence-corrected chi connectivity index (χ4v) is 6.68. The first-order valence-electron chi connectivity index (χ1n) is 16.3. The van der Waals surface area contributed by atoms with Crippen LogP contribution in [0.2, 0.25) is 0 Å². The number of aromatic nitrogens is 3. The Labute approximate surface area is 278 Å². The van der Waals surface area contributed by atoms with Crippen LogP contribution in [0.25, 0.3) is 32.9 Å². The number of carbonyl (C=O) groups is 1. The molecule has 3 aromatic carbocycles. The second kappa shape index (κ2) is 13.8. The predicted molar refractivity (Wildman–Crippen MR) is 181 cm³/mol. The van der Waals surface area contributed by atoms with Gasteiger partial charge in [0.1, 0.15) is 30.2 Å². The minimum absolute atomic E-state index is 0.0771. The average Bonchev–Trinajstić information content (AvgIpc) is 3.54. The summed E-state index contributed by atoms with van der Waals surface area (Å²) in [5.74, 6) is -0.113. The quantitative estimate of drug-likeness (QED) is 0.195. The van der Waals surface area contributed by atoms with E-state index in [0.717, 1.165) is 35.7 Å². The van der Waals surface area contributed by atoms with Crippen LogP contribution in [0.15, 0.2) is 79.0 Å². The molecule has 11 heteroatoms. The lowest BCUT2D eigenvalue weighted by molar-refractivity contribution is 0.0768. The van der Waals surface area contributed by atoms with Crippen LogP contribution in [-0.2, 0) is 11.3 Å². The van der Waals surface area contributed by atoms with E-state index in [-0.39, 0.29) is 42.8 Å². The first kappa shape index (κ1) is 31.3. The summed E-state index contributed by atoms with van der Waals surface area (Å²) in [6.45, 7) is 2.46. The topological polar surface area (TPSA) is 108 Å². The zero-order valence-electron chi connectivity index (χ0n) is 26.8. The maximum atomic E-state index is 16.7. The highest BCUT2D eigenvalue weighted by Gasteiger charge is 2.34. The van der Waals surface area contributed by atoms with Crippen LogP contribution in [0.5, 0.6) is 6.01 Å². The van der Waals surface area contributed by atoms with Gasteiger partial charge < -0.3 is 24.2 Å². The molecule has 1 amide bonds. The number of pyridine rings is 1. The number of hydrogen-bond acceptors (Lipinski definition) is 9. The molecule has 7 rings (SSSR count). The number of halogens is 1. The molecule has 2 aliphatic heterocycles. The first-order chi connectivity index (χ1) is 23.5. The van der Waals surface area contributed by atoms with Crippen molar-refractivity contribution in [2.24, 2.45) is 0 Å². The van der Waals surface area contributed by atoms with Crippen molar-refractivity contribution in [3.05, 3.63) is 90.4 Å². The molecule has 2 aliphatic rings. The number of carbonyl (C=O) groups excluding carboxylic acids is 1. The number of likely N-dealkylation sites (N-methyl/N-ethyl adjacent to an activating group) is 1. The van der Waals surface area contributed by atoms with Crippen molar-refractivity contribution in [1.82, 2.24) is 24.8 Å². The number of anilines is 1. The lowest BCUT2D eigenvalue weighted by Gasteiger charge is -2.40. The molecule has 5 aromatic rings. The van der Waals surface area contributed by atoms with Crippen molar-refractivity contribution in [1.29, 1.82) is 5.26 Å². The number of rotatable bonds is 8. The van der Waals surface area contributed by atoms with Crippen molar-refractivity contribution in [3.63, 3.8) is 0 Å². The second-order valence-electron chi connectivity index (χ2n) is 12.3. The molecule has 0 unspecified atom stereocenters. The van der Waals surface area contributed by atoms with Gasteiger partial charge in [-0.05, 0) is 42.8 Å². The van der Waals surface area contributed by atoms with Gasteiger partial charge in [0.15, 0.2) is 5.82 Å². The molecule has 0 bridgehead atoms. The molecule has 0 N–H and O–H groups in total. The van der Waals surface area contributed by atoms with E-state index in [2.05, 4.69) is 28.0 Å². The Kier molecular flexibility index (Phi) is 8.99. The van der Waals surface area contributed by atoms with E-state index in [1.54, 1.807) is 11.1 Å². The molecule has 244 valence electrons. The molecule has 2 saturated heterocycles. The summed E-state index contributed by atoms with van der Waals surface area (Å²) >= 11 is 0. The van der Waals surface area contributed by atoms with Gasteiger partial charge in [0.25, 0.3) is 0 Å². The molecule has 2 aromatic heterocycles. The lowest BCUT2D eigenvalue weighted by Crippen LogP contribution is -2.55. The van der Waals surface area contributed by atoms with Crippen LogP contribution in [0.1, 0.15) is 24.8 Å². The number of ether oxygens (including phenoxy) is 2. The van der Waals surface area contributed by atoms with Gasteiger partial charge in [0.2, 0.25) is 0 Å². The monoisotopic (exact) mass is 645 g/mol. The maximum absolute atomic E-state index is 16.7. The van der Waals surface area contributed by atoms with E-state index in [1.807, 2.05) is 77.7 Å². The van der Waals surface area contributed by atoms with Crippen LogP contribution >= 0.6 is 0 Å². The van der Waals surface area contributed by atoms with Crippen molar-refractivity contribution in [3.8, 4) is 23.3 Å². The number of amides is 1. The van der Waals surface area contributed by atoms with E-state index in [4.69, 9.17) is 14.5 Å². The smallest absolute Gasteiger partial charge is 0.410 e. The van der Waals surface area contributed by atoms with Gasteiger partial charge in [-0.2, -0.15) is 15.2 Å². The zero-order chi connectivity index (χ0) is 33.0. The number of hydrogen-bond donors (Lipinski definition) is 0.